The normalized spacial score (nSPS) is 10.6. The molecule has 3 heteroatoms. The molecule has 0 rings (SSSR count). The van der Waals surface area contributed by atoms with Crippen molar-refractivity contribution in [3.63, 3.8) is 0 Å². The highest BCUT2D eigenvalue weighted by molar-refractivity contribution is 5.78. The molecule has 0 aliphatic carbocycles. The number of unbranched alkanes of at least 4 members (excludes halogenated alkanes) is 8. The number of nitrogens with one attached hydrogen (secondary N) is 1. The fourth-order valence-electron chi connectivity index (χ4n) is 2.63. The zero-order valence-corrected chi connectivity index (χ0v) is 14.1. The quantitative estimate of drug-likeness (QED) is 0.453. The van der Waals surface area contributed by atoms with Crippen molar-refractivity contribution in [2.24, 2.45) is 0 Å². The number of rotatable bonds is 14. The number of carbonyl (C=O) groups excluding carboxylic acids is 1. The average molecular weight is 294 g/mol. The van der Waals surface area contributed by atoms with Crippen LogP contribution >= 0.6 is 0 Å². The van der Waals surface area contributed by atoms with E-state index in [0.29, 0.717) is 0 Å². The summed E-state index contributed by atoms with van der Waals surface area (Å²) in [5, 5.41) is 11.6. The van der Waals surface area contributed by atoms with Crippen molar-refractivity contribution in [3.8, 4) is 6.07 Å². The Bertz CT molecular complexity index is 269. The van der Waals surface area contributed by atoms with Crippen LogP contribution in [-0.4, -0.2) is 11.9 Å². The molecule has 0 aromatic rings. The van der Waals surface area contributed by atoms with Gasteiger partial charge in [0, 0.05) is 6.04 Å². The van der Waals surface area contributed by atoms with E-state index in [4.69, 9.17) is 5.26 Å². The van der Waals surface area contributed by atoms with Crippen LogP contribution in [0.4, 0.5) is 0 Å². The van der Waals surface area contributed by atoms with E-state index in [0.717, 1.165) is 12.8 Å². The Balaban J connectivity index is 3.91. The SMILES string of the molecule is CCCCCCCC(CCCCCCC)NC(=O)CC#N. The van der Waals surface area contributed by atoms with Crippen LogP contribution in [-0.2, 0) is 4.79 Å². The van der Waals surface area contributed by atoms with Gasteiger partial charge >= 0.3 is 0 Å². The molecule has 21 heavy (non-hydrogen) atoms. The highest BCUT2D eigenvalue weighted by Crippen LogP contribution is 2.13. The molecule has 0 saturated heterocycles. The third-order valence-corrected chi connectivity index (χ3v) is 3.92. The van der Waals surface area contributed by atoms with Crippen molar-refractivity contribution in [2.45, 2.75) is 103 Å². The summed E-state index contributed by atoms with van der Waals surface area (Å²) in [7, 11) is 0. The monoisotopic (exact) mass is 294 g/mol. The first kappa shape index (κ1) is 20.0. The van der Waals surface area contributed by atoms with Crippen LogP contribution in [0.15, 0.2) is 0 Å². The van der Waals surface area contributed by atoms with Crippen LogP contribution in [0.1, 0.15) is 97.3 Å². The maximum absolute atomic E-state index is 11.6. The molecule has 0 aromatic carbocycles. The predicted octanol–water partition coefficient (Wildman–Crippen LogP) is 5.11. The van der Waals surface area contributed by atoms with Gasteiger partial charge in [0.05, 0.1) is 6.07 Å². The van der Waals surface area contributed by atoms with E-state index in [1.165, 1.54) is 64.2 Å². The zero-order chi connectivity index (χ0) is 15.8. The highest BCUT2D eigenvalue weighted by atomic mass is 16.1. The first-order valence-corrected chi connectivity index (χ1v) is 8.90. The molecule has 0 bridgehead atoms. The van der Waals surface area contributed by atoms with Crippen LogP contribution in [0, 0.1) is 11.3 Å². The minimum atomic E-state index is -0.107. The largest absolute Gasteiger partial charge is 0.352 e. The Labute approximate surface area is 131 Å². The maximum atomic E-state index is 11.6. The van der Waals surface area contributed by atoms with Crippen molar-refractivity contribution in [1.82, 2.24) is 5.32 Å². The van der Waals surface area contributed by atoms with E-state index in [9.17, 15) is 4.79 Å². The highest BCUT2D eigenvalue weighted by Gasteiger charge is 2.11. The summed E-state index contributed by atoms with van der Waals surface area (Å²) in [4.78, 5) is 11.6. The molecule has 0 radical (unpaired) electrons. The third kappa shape index (κ3) is 13.7. The lowest BCUT2D eigenvalue weighted by Crippen LogP contribution is -2.34. The molecule has 0 spiro atoms. The van der Waals surface area contributed by atoms with Gasteiger partial charge in [-0.1, -0.05) is 78.1 Å². The lowest BCUT2D eigenvalue weighted by molar-refractivity contribution is -0.120. The van der Waals surface area contributed by atoms with E-state index in [2.05, 4.69) is 19.2 Å². The van der Waals surface area contributed by atoms with Gasteiger partial charge in [0.1, 0.15) is 6.42 Å². The summed E-state index contributed by atoms with van der Waals surface area (Å²) < 4.78 is 0. The van der Waals surface area contributed by atoms with Gasteiger partial charge in [-0.2, -0.15) is 5.26 Å². The Morgan fingerprint density at radius 3 is 1.81 bits per heavy atom. The van der Waals surface area contributed by atoms with E-state index >= 15 is 0 Å². The number of amides is 1. The molecule has 0 fully saturated rings. The molecule has 3 nitrogen and oxygen atoms in total. The fourth-order valence-corrected chi connectivity index (χ4v) is 2.63. The van der Waals surface area contributed by atoms with Crippen LogP contribution in [0.25, 0.3) is 0 Å². The second kappa shape index (κ2) is 15.4. The van der Waals surface area contributed by atoms with Crippen molar-refractivity contribution in [3.05, 3.63) is 0 Å². The Morgan fingerprint density at radius 1 is 0.905 bits per heavy atom. The van der Waals surface area contributed by atoms with Crippen LogP contribution in [0.2, 0.25) is 0 Å². The molecule has 0 aliphatic heterocycles. The Kier molecular flexibility index (Phi) is 14.6. The van der Waals surface area contributed by atoms with Gasteiger partial charge in [-0.15, -0.1) is 0 Å². The molecule has 0 aliphatic rings. The summed E-state index contributed by atoms with van der Waals surface area (Å²) >= 11 is 0. The van der Waals surface area contributed by atoms with Gasteiger partial charge in [-0.25, -0.2) is 0 Å². The van der Waals surface area contributed by atoms with Crippen molar-refractivity contribution < 1.29 is 4.79 Å². The van der Waals surface area contributed by atoms with Gasteiger partial charge in [0.2, 0.25) is 5.91 Å². The van der Waals surface area contributed by atoms with E-state index < -0.39 is 0 Å². The summed E-state index contributed by atoms with van der Waals surface area (Å²) in [5.74, 6) is -0.107. The summed E-state index contributed by atoms with van der Waals surface area (Å²) in [5.41, 5.74) is 0. The predicted molar refractivity (Wildman–Crippen MR) is 88.9 cm³/mol. The zero-order valence-electron chi connectivity index (χ0n) is 14.1. The van der Waals surface area contributed by atoms with Gasteiger partial charge in [-0.3, -0.25) is 4.79 Å². The number of nitrogens with zero attached hydrogens (tertiary/aromatic N) is 1. The first-order chi connectivity index (χ1) is 10.2. The second-order valence-corrected chi connectivity index (χ2v) is 6.01. The Morgan fingerprint density at radius 2 is 1.38 bits per heavy atom. The van der Waals surface area contributed by atoms with Gasteiger partial charge in [0.25, 0.3) is 0 Å². The van der Waals surface area contributed by atoms with Gasteiger partial charge < -0.3 is 5.32 Å². The molecular formula is C18H34N2O. The molecule has 0 aromatic heterocycles. The van der Waals surface area contributed by atoms with Crippen LogP contribution in [0.3, 0.4) is 0 Å². The third-order valence-electron chi connectivity index (χ3n) is 3.92. The topological polar surface area (TPSA) is 52.9 Å². The average Bonchev–Trinajstić information content (AvgIpc) is 2.46. The lowest BCUT2D eigenvalue weighted by Gasteiger charge is -2.18. The van der Waals surface area contributed by atoms with Crippen LogP contribution < -0.4 is 5.32 Å². The smallest absolute Gasteiger partial charge is 0.234 e. The van der Waals surface area contributed by atoms with Gasteiger partial charge in [-0.05, 0) is 12.8 Å². The number of nitriles is 1. The number of hydrogen-bond acceptors (Lipinski definition) is 2. The number of carbonyl (C=O) groups is 1. The molecule has 1 N–H and O–H groups in total. The first-order valence-electron chi connectivity index (χ1n) is 8.90. The maximum Gasteiger partial charge on any atom is 0.234 e. The minimum Gasteiger partial charge on any atom is -0.352 e. The van der Waals surface area contributed by atoms with Crippen LogP contribution in [0.5, 0.6) is 0 Å². The molecule has 122 valence electrons. The molecule has 0 saturated carbocycles. The Hall–Kier alpha value is -1.04. The lowest BCUT2D eigenvalue weighted by atomic mass is 10.0. The van der Waals surface area contributed by atoms with Gasteiger partial charge in [0.15, 0.2) is 0 Å². The summed E-state index contributed by atoms with van der Waals surface area (Å²) in [6.07, 6.45) is 14.7. The van der Waals surface area contributed by atoms with Crippen molar-refractivity contribution >= 4 is 5.91 Å². The molecule has 1 amide bonds. The van der Waals surface area contributed by atoms with Crippen molar-refractivity contribution in [2.75, 3.05) is 0 Å². The molecule has 0 unspecified atom stereocenters. The van der Waals surface area contributed by atoms with E-state index in [1.807, 2.05) is 6.07 Å². The molecule has 0 heterocycles. The molecule has 0 atom stereocenters. The van der Waals surface area contributed by atoms with Crippen molar-refractivity contribution in [1.29, 1.82) is 5.26 Å². The van der Waals surface area contributed by atoms with E-state index in [-0.39, 0.29) is 18.4 Å². The molecular weight excluding hydrogens is 260 g/mol. The van der Waals surface area contributed by atoms with E-state index in [1.54, 1.807) is 0 Å². The summed E-state index contributed by atoms with van der Waals surface area (Å²) in [6.45, 7) is 4.45. The standard InChI is InChI=1S/C18H34N2O/c1-3-5-7-9-11-13-17(20-18(21)15-16-19)14-12-10-8-6-4-2/h17H,3-15H2,1-2H3,(H,20,21). The number of hydrogen-bond donors (Lipinski definition) is 1. The second-order valence-electron chi connectivity index (χ2n) is 6.01. The fraction of sp³-hybridized carbons (Fsp3) is 0.889. The minimum absolute atomic E-state index is 0.0117. The summed E-state index contributed by atoms with van der Waals surface area (Å²) in [6, 6.07) is 2.20.